The zero-order valence-corrected chi connectivity index (χ0v) is 13.3. The smallest absolute Gasteiger partial charge is 0.407 e. The van der Waals surface area contributed by atoms with Gasteiger partial charge in [0.2, 0.25) is 0 Å². The number of hydrogen-bond donors (Lipinski definition) is 4. The third-order valence-corrected chi connectivity index (χ3v) is 2.35. The molecule has 1 aromatic heterocycles. The number of aromatic amines is 1. The van der Waals surface area contributed by atoms with Crippen LogP contribution in [-0.2, 0) is 20.7 Å². The van der Waals surface area contributed by atoms with E-state index in [2.05, 4.69) is 15.3 Å². The maximum Gasteiger partial charge on any atom is 0.407 e. The Bertz CT molecular complexity index is 536. The highest BCUT2D eigenvalue weighted by Crippen LogP contribution is 1.97. The summed E-state index contributed by atoms with van der Waals surface area (Å²) in [6, 6.07) is 0. The number of aliphatic carboxylic acids is 2. The Morgan fingerprint density at radius 1 is 1.29 bits per heavy atom. The van der Waals surface area contributed by atoms with Crippen LogP contribution in [0.4, 0.5) is 4.79 Å². The van der Waals surface area contributed by atoms with Gasteiger partial charge in [-0.15, -0.1) is 0 Å². The van der Waals surface area contributed by atoms with E-state index in [0.29, 0.717) is 25.3 Å². The lowest BCUT2D eigenvalue weighted by atomic mass is 10.3. The molecule has 132 valence electrons. The Hall–Kier alpha value is -3.10. The van der Waals surface area contributed by atoms with Crippen molar-refractivity contribution < 1.29 is 29.3 Å². The Kier molecular flexibility index (Phi) is 11.8. The van der Waals surface area contributed by atoms with Crippen LogP contribution >= 0.6 is 0 Å². The van der Waals surface area contributed by atoms with Gasteiger partial charge < -0.3 is 25.3 Å². The summed E-state index contributed by atoms with van der Waals surface area (Å²) in [5, 5.41) is 18.2. The van der Waals surface area contributed by atoms with Crippen molar-refractivity contribution in [1.82, 2.24) is 15.3 Å². The number of imidazole rings is 1. The molecule has 0 radical (unpaired) electrons. The number of carboxylic acids is 2. The Morgan fingerprint density at radius 3 is 2.46 bits per heavy atom. The zero-order chi connectivity index (χ0) is 18.2. The molecule has 1 aromatic rings. The molecule has 0 aliphatic carbocycles. The van der Waals surface area contributed by atoms with E-state index in [9.17, 15) is 14.4 Å². The second-order valence-electron chi connectivity index (χ2n) is 4.28. The van der Waals surface area contributed by atoms with E-state index in [0.717, 1.165) is 18.5 Å². The number of carbonyl (C=O) groups is 3. The predicted molar refractivity (Wildman–Crippen MR) is 85.5 cm³/mol. The first kappa shape index (κ1) is 20.9. The maximum absolute atomic E-state index is 11.1. The molecule has 0 aliphatic heterocycles. The maximum atomic E-state index is 11.1. The molecule has 0 atom stereocenters. The van der Waals surface area contributed by atoms with Crippen LogP contribution in [0.2, 0.25) is 0 Å². The SMILES string of the molecule is CC=CCNC(=O)OCCCc1cnc[nH]1.O=C(O)/C=C\C(=O)O. The number of allylic oxidation sites excluding steroid dienone is 1. The van der Waals surface area contributed by atoms with Crippen molar-refractivity contribution in [3.8, 4) is 0 Å². The third kappa shape index (κ3) is 13.9. The molecular weight excluding hydrogens is 318 g/mol. The summed E-state index contributed by atoms with van der Waals surface area (Å²) >= 11 is 0. The van der Waals surface area contributed by atoms with Crippen molar-refractivity contribution in [1.29, 1.82) is 0 Å². The molecule has 0 unspecified atom stereocenters. The van der Waals surface area contributed by atoms with Gasteiger partial charge in [-0.2, -0.15) is 0 Å². The number of rotatable bonds is 8. The topological polar surface area (TPSA) is 142 Å². The monoisotopic (exact) mass is 339 g/mol. The zero-order valence-electron chi connectivity index (χ0n) is 13.3. The van der Waals surface area contributed by atoms with Crippen LogP contribution in [0.3, 0.4) is 0 Å². The number of nitrogens with zero attached hydrogens (tertiary/aromatic N) is 1. The first-order valence-corrected chi connectivity index (χ1v) is 7.08. The number of carboxylic acid groups (broad SMARTS) is 2. The van der Waals surface area contributed by atoms with Crippen molar-refractivity contribution in [2.24, 2.45) is 0 Å². The molecule has 0 spiro atoms. The van der Waals surface area contributed by atoms with Crippen molar-refractivity contribution in [3.63, 3.8) is 0 Å². The Balaban J connectivity index is 0.000000561. The quantitative estimate of drug-likeness (QED) is 0.318. The van der Waals surface area contributed by atoms with Gasteiger partial charge in [-0.05, 0) is 19.8 Å². The van der Waals surface area contributed by atoms with Crippen LogP contribution in [0.1, 0.15) is 19.0 Å². The highest BCUT2D eigenvalue weighted by Gasteiger charge is 1.99. The van der Waals surface area contributed by atoms with Gasteiger partial charge in [0, 0.05) is 30.6 Å². The van der Waals surface area contributed by atoms with E-state index in [1.165, 1.54) is 0 Å². The number of amides is 1. The van der Waals surface area contributed by atoms with Gasteiger partial charge in [0.1, 0.15) is 0 Å². The Morgan fingerprint density at radius 2 is 1.96 bits per heavy atom. The summed E-state index contributed by atoms with van der Waals surface area (Å²) in [5.41, 5.74) is 1.05. The molecule has 0 saturated carbocycles. The van der Waals surface area contributed by atoms with Crippen LogP contribution in [0.15, 0.2) is 36.8 Å². The summed E-state index contributed by atoms with van der Waals surface area (Å²) in [5.74, 6) is -2.51. The number of alkyl carbamates (subject to hydrolysis) is 1. The molecule has 0 aliphatic rings. The van der Waals surface area contributed by atoms with Crippen LogP contribution < -0.4 is 5.32 Å². The molecule has 0 bridgehead atoms. The number of carbonyl (C=O) groups excluding carboxylic acids is 1. The van der Waals surface area contributed by atoms with Gasteiger partial charge in [-0.25, -0.2) is 19.4 Å². The van der Waals surface area contributed by atoms with Crippen LogP contribution in [0.5, 0.6) is 0 Å². The lowest BCUT2D eigenvalue weighted by Crippen LogP contribution is -2.24. The van der Waals surface area contributed by atoms with E-state index >= 15 is 0 Å². The first-order valence-electron chi connectivity index (χ1n) is 7.08. The molecular formula is C15H21N3O6. The summed E-state index contributed by atoms with van der Waals surface area (Å²) in [6.07, 6.45) is 9.51. The van der Waals surface area contributed by atoms with Crippen molar-refractivity contribution in [2.75, 3.05) is 13.2 Å². The number of aromatic nitrogens is 2. The molecule has 0 saturated heterocycles. The van der Waals surface area contributed by atoms with Gasteiger partial charge in [-0.1, -0.05) is 12.2 Å². The molecule has 24 heavy (non-hydrogen) atoms. The van der Waals surface area contributed by atoms with Crippen molar-refractivity contribution in [2.45, 2.75) is 19.8 Å². The summed E-state index contributed by atoms with van der Waals surface area (Å²) < 4.78 is 4.97. The minimum atomic E-state index is -1.26. The number of ether oxygens (including phenoxy) is 1. The van der Waals surface area contributed by atoms with E-state index < -0.39 is 11.9 Å². The van der Waals surface area contributed by atoms with Crippen molar-refractivity contribution >= 4 is 18.0 Å². The van der Waals surface area contributed by atoms with Crippen molar-refractivity contribution in [3.05, 3.63) is 42.5 Å². The molecule has 9 heteroatoms. The normalized spacial score (nSPS) is 10.2. The molecule has 1 rings (SSSR count). The van der Waals surface area contributed by atoms with Crippen LogP contribution in [0, 0.1) is 0 Å². The number of nitrogens with one attached hydrogen (secondary N) is 2. The largest absolute Gasteiger partial charge is 0.478 e. The fraction of sp³-hybridized carbons (Fsp3) is 0.333. The Labute approximate surface area is 139 Å². The van der Waals surface area contributed by atoms with Gasteiger partial charge in [0.15, 0.2) is 0 Å². The molecule has 0 aromatic carbocycles. The minimum Gasteiger partial charge on any atom is -0.478 e. The van der Waals surface area contributed by atoms with E-state index in [1.807, 2.05) is 19.1 Å². The lowest BCUT2D eigenvalue weighted by molar-refractivity contribution is -0.134. The van der Waals surface area contributed by atoms with Gasteiger partial charge >= 0.3 is 18.0 Å². The molecule has 1 heterocycles. The second kappa shape index (κ2) is 13.6. The van der Waals surface area contributed by atoms with E-state index in [-0.39, 0.29) is 6.09 Å². The van der Waals surface area contributed by atoms with Gasteiger partial charge in [0.05, 0.1) is 12.9 Å². The number of H-pyrrole nitrogens is 1. The summed E-state index contributed by atoms with van der Waals surface area (Å²) in [6.45, 7) is 2.83. The number of aryl methyl sites for hydroxylation is 1. The predicted octanol–water partition coefficient (Wildman–Crippen LogP) is 1.36. The van der Waals surface area contributed by atoms with E-state index in [1.54, 1.807) is 12.5 Å². The van der Waals surface area contributed by atoms with Crippen LogP contribution in [-0.4, -0.2) is 51.4 Å². The standard InChI is InChI=1S/C11H17N3O2.C4H4O4/c1-2-3-6-13-11(15)16-7-4-5-10-8-12-9-14-10;5-3(6)1-2-4(7)8/h2-3,8-9H,4-7H2,1H3,(H,12,14)(H,13,15);1-2H,(H,5,6)(H,7,8)/b;2-1-. The fourth-order valence-corrected chi connectivity index (χ4v) is 1.30. The highest BCUT2D eigenvalue weighted by molar-refractivity contribution is 5.89. The average Bonchev–Trinajstić information content (AvgIpc) is 3.04. The van der Waals surface area contributed by atoms with Gasteiger partial charge in [0.25, 0.3) is 0 Å². The van der Waals surface area contributed by atoms with E-state index in [4.69, 9.17) is 14.9 Å². The third-order valence-electron chi connectivity index (χ3n) is 2.35. The number of hydrogen-bond acceptors (Lipinski definition) is 5. The second-order valence-corrected chi connectivity index (χ2v) is 4.28. The summed E-state index contributed by atoms with van der Waals surface area (Å²) in [4.78, 5) is 37.1. The summed E-state index contributed by atoms with van der Waals surface area (Å²) in [7, 11) is 0. The molecule has 1 amide bonds. The molecule has 0 fully saturated rings. The van der Waals surface area contributed by atoms with Crippen LogP contribution in [0.25, 0.3) is 0 Å². The molecule has 9 nitrogen and oxygen atoms in total. The minimum absolute atomic E-state index is 0.372. The lowest BCUT2D eigenvalue weighted by Gasteiger charge is -2.04. The highest BCUT2D eigenvalue weighted by atomic mass is 16.5. The van der Waals surface area contributed by atoms with Gasteiger partial charge in [-0.3, -0.25) is 0 Å². The average molecular weight is 339 g/mol. The fourth-order valence-electron chi connectivity index (χ4n) is 1.30. The molecule has 4 N–H and O–H groups in total. The first-order chi connectivity index (χ1) is 11.5.